The normalized spacial score (nSPS) is 15.6. The molecule has 150 valence electrons. The van der Waals surface area contributed by atoms with Crippen LogP contribution in [0.25, 0.3) is 0 Å². The molecule has 6 heteroatoms. The van der Waals surface area contributed by atoms with E-state index in [0.717, 1.165) is 49.0 Å². The number of piperidine rings is 1. The molecule has 2 aromatic carbocycles. The van der Waals surface area contributed by atoms with E-state index in [1.165, 1.54) is 0 Å². The van der Waals surface area contributed by atoms with E-state index >= 15 is 0 Å². The van der Waals surface area contributed by atoms with Gasteiger partial charge in [0.15, 0.2) is 0 Å². The van der Waals surface area contributed by atoms with Crippen molar-refractivity contribution in [1.82, 2.24) is 9.62 Å². The first-order chi connectivity index (χ1) is 13.4. The molecule has 1 N–H and O–H groups in total. The number of rotatable bonds is 6. The molecule has 1 heterocycles. The van der Waals surface area contributed by atoms with Crippen molar-refractivity contribution in [2.45, 2.75) is 38.0 Å². The number of amides is 1. The van der Waals surface area contributed by atoms with Gasteiger partial charge in [-0.15, -0.1) is 0 Å². The first-order valence-electron chi connectivity index (χ1n) is 9.78. The maximum absolute atomic E-state index is 12.7. The number of nitrogens with zero attached hydrogens (tertiary/aromatic N) is 1. The van der Waals surface area contributed by atoms with Crippen molar-refractivity contribution in [2.24, 2.45) is 5.92 Å². The molecule has 3 rings (SSSR count). The molecule has 5 nitrogen and oxygen atoms in total. The molecule has 0 radical (unpaired) electrons. The number of likely N-dealkylation sites (tertiary alicyclic amines) is 1. The molecule has 0 aromatic heterocycles. The van der Waals surface area contributed by atoms with Crippen molar-refractivity contribution in [2.75, 3.05) is 19.6 Å². The van der Waals surface area contributed by atoms with Gasteiger partial charge in [0.05, 0.1) is 4.90 Å². The van der Waals surface area contributed by atoms with Crippen LogP contribution in [0.15, 0.2) is 53.4 Å². The van der Waals surface area contributed by atoms with Crippen LogP contribution < -0.4 is 4.72 Å². The van der Waals surface area contributed by atoms with Gasteiger partial charge in [-0.3, -0.25) is 4.79 Å². The highest BCUT2D eigenvalue weighted by Crippen LogP contribution is 2.23. The SMILES string of the molecule is Cc1ccccc1C(=O)N1CCC(CCNS(=O)(=O)c2ccccc2C)CC1. The number of carbonyl (C=O) groups is 1. The van der Waals surface area contributed by atoms with E-state index in [1.54, 1.807) is 25.1 Å². The Kier molecular flexibility index (Phi) is 6.52. The minimum atomic E-state index is -3.47. The number of aryl methyl sites for hydroxylation is 2. The van der Waals surface area contributed by atoms with Crippen LogP contribution >= 0.6 is 0 Å². The summed E-state index contributed by atoms with van der Waals surface area (Å²) >= 11 is 0. The van der Waals surface area contributed by atoms with Gasteiger partial charge in [0.25, 0.3) is 5.91 Å². The topological polar surface area (TPSA) is 66.5 Å². The Morgan fingerprint density at radius 1 is 1.00 bits per heavy atom. The van der Waals surface area contributed by atoms with Crippen molar-refractivity contribution in [3.63, 3.8) is 0 Å². The number of hydrogen-bond donors (Lipinski definition) is 1. The molecule has 2 aromatic rings. The third-order valence-corrected chi connectivity index (χ3v) is 7.13. The molecule has 1 fully saturated rings. The maximum atomic E-state index is 12.7. The fourth-order valence-electron chi connectivity index (χ4n) is 3.74. The van der Waals surface area contributed by atoms with Crippen LogP contribution in [0.4, 0.5) is 0 Å². The second-order valence-corrected chi connectivity index (χ2v) is 9.24. The molecule has 0 bridgehead atoms. The van der Waals surface area contributed by atoms with Crippen LogP contribution in [0.1, 0.15) is 40.7 Å². The van der Waals surface area contributed by atoms with Crippen molar-refractivity contribution < 1.29 is 13.2 Å². The highest BCUT2D eigenvalue weighted by atomic mass is 32.2. The van der Waals surface area contributed by atoms with Gasteiger partial charge in [-0.2, -0.15) is 0 Å². The van der Waals surface area contributed by atoms with E-state index in [2.05, 4.69) is 4.72 Å². The smallest absolute Gasteiger partial charge is 0.254 e. The first kappa shape index (κ1) is 20.6. The fourth-order valence-corrected chi connectivity index (χ4v) is 5.03. The van der Waals surface area contributed by atoms with Gasteiger partial charge >= 0.3 is 0 Å². The van der Waals surface area contributed by atoms with Crippen LogP contribution in [0.5, 0.6) is 0 Å². The zero-order valence-corrected chi connectivity index (χ0v) is 17.3. The summed E-state index contributed by atoms with van der Waals surface area (Å²) in [6, 6.07) is 14.7. The molecule has 0 saturated carbocycles. The number of nitrogens with one attached hydrogen (secondary N) is 1. The monoisotopic (exact) mass is 400 g/mol. The van der Waals surface area contributed by atoms with Crippen LogP contribution in [-0.4, -0.2) is 38.9 Å². The quantitative estimate of drug-likeness (QED) is 0.807. The highest BCUT2D eigenvalue weighted by Gasteiger charge is 2.25. The Bertz CT molecular complexity index is 932. The van der Waals surface area contributed by atoms with Gasteiger partial charge < -0.3 is 4.90 Å². The van der Waals surface area contributed by atoms with Gasteiger partial charge in [0.2, 0.25) is 10.0 Å². The summed E-state index contributed by atoms with van der Waals surface area (Å²) in [5.41, 5.74) is 2.52. The molecule has 0 atom stereocenters. The largest absolute Gasteiger partial charge is 0.339 e. The molecule has 0 aliphatic carbocycles. The van der Waals surface area contributed by atoms with Crippen LogP contribution in [0.2, 0.25) is 0 Å². The Balaban J connectivity index is 1.48. The Labute approximate surface area is 167 Å². The molecule has 1 aliphatic heterocycles. The Morgan fingerprint density at radius 3 is 2.25 bits per heavy atom. The minimum Gasteiger partial charge on any atom is -0.339 e. The van der Waals surface area contributed by atoms with Gasteiger partial charge in [-0.25, -0.2) is 13.1 Å². The van der Waals surface area contributed by atoms with Crippen molar-refractivity contribution in [3.05, 3.63) is 65.2 Å². The maximum Gasteiger partial charge on any atom is 0.254 e. The summed E-state index contributed by atoms with van der Waals surface area (Å²) in [5.74, 6) is 0.525. The highest BCUT2D eigenvalue weighted by molar-refractivity contribution is 7.89. The van der Waals surface area contributed by atoms with Crippen LogP contribution in [-0.2, 0) is 10.0 Å². The first-order valence-corrected chi connectivity index (χ1v) is 11.3. The average molecular weight is 401 g/mol. The summed E-state index contributed by atoms with van der Waals surface area (Å²) in [6.07, 6.45) is 2.60. The fraction of sp³-hybridized carbons (Fsp3) is 0.409. The molecular formula is C22H28N2O3S. The summed E-state index contributed by atoms with van der Waals surface area (Å²) in [5, 5.41) is 0. The van der Waals surface area contributed by atoms with Crippen molar-refractivity contribution in [3.8, 4) is 0 Å². The summed E-state index contributed by atoms with van der Waals surface area (Å²) in [4.78, 5) is 15.0. The average Bonchev–Trinajstić information content (AvgIpc) is 2.68. The number of benzene rings is 2. The second-order valence-electron chi connectivity index (χ2n) is 7.50. The summed E-state index contributed by atoms with van der Waals surface area (Å²) in [7, 11) is -3.47. The molecule has 28 heavy (non-hydrogen) atoms. The van der Waals surface area contributed by atoms with E-state index in [0.29, 0.717) is 17.4 Å². The van der Waals surface area contributed by atoms with E-state index < -0.39 is 10.0 Å². The third-order valence-electron chi connectivity index (χ3n) is 5.50. The minimum absolute atomic E-state index is 0.0943. The Morgan fingerprint density at radius 2 is 1.61 bits per heavy atom. The second kappa shape index (κ2) is 8.88. The number of carbonyl (C=O) groups excluding carboxylic acids is 1. The van der Waals surface area contributed by atoms with Crippen molar-refractivity contribution in [1.29, 1.82) is 0 Å². The standard InChI is InChI=1S/C22H28N2O3S/c1-17-7-3-5-9-20(17)22(25)24-15-12-19(13-16-24)11-14-23-28(26,27)21-10-6-4-8-18(21)2/h3-10,19,23H,11-16H2,1-2H3. The Hall–Kier alpha value is -2.18. The molecule has 0 unspecified atom stereocenters. The molecule has 0 spiro atoms. The van der Waals surface area contributed by atoms with E-state index in [-0.39, 0.29) is 5.91 Å². The summed E-state index contributed by atoms with van der Waals surface area (Å²) in [6.45, 7) is 5.63. The predicted octanol–water partition coefficient (Wildman–Crippen LogP) is 3.52. The van der Waals surface area contributed by atoms with Crippen molar-refractivity contribution >= 4 is 15.9 Å². The van der Waals surface area contributed by atoms with Crippen LogP contribution in [0, 0.1) is 19.8 Å². The van der Waals surface area contributed by atoms with E-state index in [9.17, 15) is 13.2 Å². The predicted molar refractivity (Wildman–Crippen MR) is 111 cm³/mol. The van der Waals surface area contributed by atoms with Gasteiger partial charge in [-0.05, 0) is 62.3 Å². The lowest BCUT2D eigenvalue weighted by Crippen LogP contribution is -2.39. The molecule has 1 amide bonds. The zero-order chi connectivity index (χ0) is 20.1. The van der Waals surface area contributed by atoms with Gasteiger partial charge in [0, 0.05) is 25.2 Å². The lowest BCUT2D eigenvalue weighted by atomic mass is 9.93. The zero-order valence-electron chi connectivity index (χ0n) is 16.5. The van der Waals surface area contributed by atoms with Gasteiger partial charge in [0.1, 0.15) is 0 Å². The van der Waals surface area contributed by atoms with Crippen LogP contribution in [0.3, 0.4) is 0 Å². The number of sulfonamides is 1. The lowest BCUT2D eigenvalue weighted by Gasteiger charge is -2.32. The number of hydrogen-bond acceptors (Lipinski definition) is 3. The third kappa shape index (κ3) is 4.80. The lowest BCUT2D eigenvalue weighted by molar-refractivity contribution is 0.0687. The molecule has 1 aliphatic rings. The molecular weight excluding hydrogens is 372 g/mol. The molecule has 1 saturated heterocycles. The van der Waals surface area contributed by atoms with E-state index in [4.69, 9.17) is 0 Å². The van der Waals surface area contributed by atoms with Gasteiger partial charge in [-0.1, -0.05) is 36.4 Å². The summed E-state index contributed by atoms with van der Waals surface area (Å²) < 4.78 is 27.6. The van der Waals surface area contributed by atoms with E-state index in [1.807, 2.05) is 42.2 Å².